The minimum atomic E-state index is 0.490. The molecule has 1 aromatic heterocycles. The molecule has 2 rings (SSSR count). The highest BCUT2D eigenvalue weighted by molar-refractivity contribution is 6.30. The topological polar surface area (TPSA) is 34.2 Å². The smallest absolute Gasteiger partial charge is 0.0609 e. The van der Waals surface area contributed by atoms with Crippen LogP contribution in [-0.4, -0.2) is 24.2 Å². The number of pyridine rings is 1. The molecule has 0 unspecified atom stereocenters. The van der Waals surface area contributed by atoms with Crippen LogP contribution in [0, 0.1) is 0 Å². The fraction of sp³-hybridized carbons (Fsp3) is 0.500. The first-order chi connectivity index (χ1) is 6.84. The average Bonchev–Trinajstić information content (AvgIpc) is 2.19. The van der Waals surface area contributed by atoms with Crippen molar-refractivity contribution < 1.29 is 4.74 Å². The first-order valence-electron chi connectivity index (χ1n) is 4.79. The Hall–Kier alpha value is -0.800. The van der Waals surface area contributed by atoms with Gasteiger partial charge in [0.1, 0.15) is 0 Å². The number of rotatable bonds is 2. The van der Waals surface area contributed by atoms with Crippen LogP contribution in [0.3, 0.4) is 0 Å². The molecule has 0 aromatic carbocycles. The molecular formula is C10H13ClN2O. The molecule has 2 heterocycles. The second-order valence-electron chi connectivity index (χ2n) is 3.42. The van der Waals surface area contributed by atoms with E-state index >= 15 is 0 Å². The maximum Gasteiger partial charge on any atom is 0.0609 e. The number of nitrogens with one attached hydrogen (secondary N) is 1. The minimum absolute atomic E-state index is 0.490. The Morgan fingerprint density at radius 3 is 2.86 bits per heavy atom. The van der Waals surface area contributed by atoms with E-state index in [1.165, 1.54) is 0 Å². The Balaban J connectivity index is 1.95. The first-order valence-corrected chi connectivity index (χ1v) is 5.17. The van der Waals surface area contributed by atoms with Crippen LogP contribution in [0.25, 0.3) is 0 Å². The number of nitrogens with zero attached hydrogens (tertiary/aromatic N) is 1. The number of ether oxygens (including phenoxy) is 1. The van der Waals surface area contributed by atoms with E-state index in [0.29, 0.717) is 11.1 Å². The molecule has 1 saturated heterocycles. The van der Waals surface area contributed by atoms with Gasteiger partial charge in [-0.15, -0.1) is 0 Å². The van der Waals surface area contributed by atoms with Gasteiger partial charge in [0.2, 0.25) is 0 Å². The van der Waals surface area contributed by atoms with E-state index in [2.05, 4.69) is 10.3 Å². The lowest BCUT2D eigenvalue weighted by Gasteiger charge is -2.23. The number of halogens is 1. The highest BCUT2D eigenvalue weighted by atomic mass is 35.5. The third-order valence-corrected chi connectivity index (χ3v) is 2.50. The summed E-state index contributed by atoms with van der Waals surface area (Å²) in [6.45, 7) is 1.68. The summed E-state index contributed by atoms with van der Waals surface area (Å²) in [6.07, 6.45) is 5.52. The third-order valence-electron chi connectivity index (χ3n) is 2.30. The molecule has 1 fully saturated rings. The van der Waals surface area contributed by atoms with Gasteiger partial charge < -0.3 is 10.1 Å². The fourth-order valence-electron chi connectivity index (χ4n) is 1.57. The predicted octanol–water partition coefficient (Wildman–Crippen LogP) is 2.33. The maximum atomic E-state index is 5.84. The van der Waals surface area contributed by atoms with Crippen LogP contribution in [0.4, 0.5) is 5.69 Å². The number of aromatic nitrogens is 1. The van der Waals surface area contributed by atoms with Crippen molar-refractivity contribution in [1.29, 1.82) is 0 Å². The van der Waals surface area contributed by atoms with Crippen LogP contribution in [0.5, 0.6) is 0 Å². The Kier molecular flexibility index (Phi) is 3.22. The van der Waals surface area contributed by atoms with Crippen LogP contribution >= 0.6 is 11.6 Å². The van der Waals surface area contributed by atoms with Crippen molar-refractivity contribution in [2.24, 2.45) is 0 Å². The average molecular weight is 213 g/mol. The summed E-state index contributed by atoms with van der Waals surface area (Å²) in [5.74, 6) is 0. The van der Waals surface area contributed by atoms with E-state index < -0.39 is 0 Å². The van der Waals surface area contributed by atoms with E-state index in [9.17, 15) is 0 Å². The monoisotopic (exact) mass is 212 g/mol. The molecule has 76 valence electrons. The highest BCUT2D eigenvalue weighted by Crippen LogP contribution is 2.17. The summed E-state index contributed by atoms with van der Waals surface area (Å²) in [6, 6.07) is 2.38. The lowest BCUT2D eigenvalue weighted by atomic mass is 10.1. The molecule has 1 aromatic rings. The van der Waals surface area contributed by atoms with Crippen molar-refractivity contribution in [1.82, 2.24) is 4.98 Å². The molecule has 0 bridgehead atoms. The number of hydrogen-bond acceptors (Lipinski definition) is 3. The van der Waals surface area contributed by atoms with Crippen molar-refractivity contribution >= 4 is 17.3 Å². The van der Waals surface area contributed by atoms with Gasteiger partial charge in [-0.2, -0.15) is 0 Å². The second kappa shape index (κ2) is 4.62. The molecule has 14 heavy (non-hydrogen) atoms. The third kappa shape index (κ3) is 2.59. The zero-order valence-electron chi connectivity index (χ0n) is 7.87. The van der Waals surface area contributed by atoms with Gasteiger partial charge in [0.05, 0.1) is 16.9 Å². The lowest BCUT2D eigenvalue weighted by Crippen LogP contribution is -2.27. The Morgan fingerprint density at radius 2 is 2.14 bits per heavy atom. The molecule has 3 nitrogen and oxygen atoms in total. The Labute approximate surface area is 88.4 Å². The molecule has 4 heteroatoms. The van der Waals surface area contributed by atoms with Gasteiger partial charge in [0.15, 0.2) is 0 Å². The summed E-state index contributed by atoms with van der Waals surface area (Å²) in [5, 5.41) is 4.06. The van der Waals surface area contributed by atoms with E-state index in [0.717, 1.165) is 31.7 Å². The van der Waals surface area contributed by atoms with Gasteiger partial charge in [-0.25, -0.2) is 0 Å². The number of anilines is 1. The molecule has 0 amide bonds. The van der Waals surface area contributed by atoms with E-state index in [4.69, 9.17) is 16.3 Å². The molecule has 1 N–H and O–H groups in total. The zero-order chi connectivity index (χ0) is 9.80. The van der Waals surface area contributed by atoms with Crippen LogP contribution in [-0.2, 0) is 4.74 Å². The molecule has 0 radical (unpaired) electrons. The summed E-state index contributed by atoms with van der Waals surface area (Å²) >= 11 is 5.84. The summed E-state index contributed by atoms with van der Waals surface area (Å²) in [4.78, 5) is 4.02. The molecule has 0 aliphatic carbocycles. The molecule has 0 atom stereocenters. The Bertz CT molecular complexity index is 300. The van der Waals surface area contributed by atoms with Crippen molar-refractivity contribution in [2.45, 2.75) is 18.9 Å². The second-order valence-corrected chi connectivity index (χ2v) is 3.86. The lowest BCUT2D eigenvalue weighted by molar-refractivity contribution is 0.0904. The summed E-state index contributed by atoms with van der Waals surface area (Å²) in [5.41, 5.74) is 0.990. The standard InChI is InChI=1S/C10H13ClN2O/c11-8-5-10(7-12-6-8)13-9-1-3-14-4-2-9/h5-7,9,13H,1-4H2. The fourth-order valence-corrected chi connectivity index (χ4v) is 1.74. The highest BCUT2D eigenvalue weighted by Gasteiger charge is 2.13. The predicted molar refractivity (Wildman–Crippen MR) is 56.7 cm³/mol. The van der Waals surface area contributed by atoms with E-state index in [1.807, 2.05) is 6.07 Å². The normalized spacial score (nSPS) is 18.1. The van der Waals surface area contributed by atoms with Gasteiger partial charge in [-0.1, -0.05) is 11.6 Å². The van der Waals surface area contributed by atoms with Crippen molar-refractivity contribution in [3.63, 3.8) is 0 Å². The molecule has 0 saturated carbocycles. The summed E-state index contributed by atoms with van der Waals surface area (Å²) < 4.78 is 5.28. The largest absolute Gasteiger partial charge is 0.381 e. The maximum absolute atomic E-state index is 5.84. The summed E-state index contributed by atoms with van der Waals surface area (Å²) in [7, 11) is 0. The Morgan fingerprint density at radius 1 is 1.36 bits per heavy atom. The van der Waals surface area contributed by atoms with Crippen LogP contribution in [0.15, 0.2) is 18.5 Å². The molecular weight excluding hydrogens is 200 g/mol. The minimum Gasteiger partial charge on any atom is -0.381 e. The van der Waals surface area contributed by atoms with E-state index in [-0.39, 0.29) is 0 Å². The number of hydrogen-bond donors (Lipinski definition) is 1. The SMILES string of the molecule is Clc1cncc(NC2CCOCC2)c1. The quantitative estimate of drug-likeness (QED) is 0.817. The molecule has 1 aliphatic rings. The van der Waals surface area contributed by atoms with Crippen LogP contribution < -0.4 is 5.32 Å². The van der Waals surface area contributed by atoms with Gasteiger partial charge in [-0.05, 0) is 18.9 Å². The zero-order valence-corrected chi connectivity index (χ0v) is 8.63. The van der Waals surface area contributed by atoms with Gasteiger partial charge in [0, 0.05) is 25.5 Å². The van der Waals surface area contributed by atoms with Crippen LogP contribution in [0.1, 0.15) is 12.8 Å². The molecule has 0 spiro atoms. The van der Waals surface area contributed by atoms with Gasteiger partial charge in [-0.3, -0.25) is 4.98 Å². The van der Waals surface area contributed by atoms with Crippen LogP contribution in [0.2, 0.25) is 5.02 Å². The van der Waals surface area contributed by atoms with Gasteiger partial charge >= 0.3 is 0 Å². The van der Waals surface area contributed by atoms with Crippen molar-refractivity contribution in [3.05, 3.63) is 23.5 Å². The van der Waals surface area contributed by atoms with E-state index in [1.54, 1.807) is 12.4 Å². The first kappa shape index (κ1) is 9.74. The van der Waals surface area contributed by atoms with Crippen molar-refractivity contribution in [3.8, 4) is 0 Å². The van der Waals surface area contributed by atoms with Crippen molar-refractivity contribution in [2.75, 3.05) is 18.5 Å². The molecule has 1 aliphatic heterocycles. The van der Waals surface area contributed by atoms with Gasteiger partial charge in [0.25, 0.3) is 0 Å².